The van der Waals surface area contributed by atoms with Crippen molar-refractivity contribution in [2.45, 2.75) is 50.8 Å². The second-order valence-electron chi connectivity index (χ2n) is 10.7. The van der Waals surface area contributed by atoms with Crippen LogP contribution in [0.2, 0.25) is 0 Å². The molecular weight excluding hydrogens is 582 g/mol. The van der Waals surface area contributed by atoms with Crippen molar-refractivity contribution in [2.75, 3.05) is 18.7 Å². The van der Waals surface area contributed by atoms with Crippen molar-refractivity contribution in [3.63, 3.8) is 0 Å². The summed E-state index contributed by atoms with van der Waals surface area (Å²) in [6.45, 7) is 4.57. The lowest BCUT2D eigenvalue weighted by Gasteiger charge is -2.32. The van der Waals surface area contributed by atoms with Crippen molar-refractivity contribution < 1.29 is 28.5 Å². The Morgan fingerprint density at radius 2 is 1.66 bits per heavy atom. The van der Waals surface area contributed by atoms with Crippen molar-refractivity contribution in [1.29, 1.82) is 0 Å². The van der Waals surface area contributed by atoms with E-state index < -0.39 is 23.2 Å². The number of nitrogens with one attached hydrogen (secondary N) is 1. The number of carboxylic acids is 1. The Morgan fingerprint density at radius 1 is 0.932 bits per heavy atom. The predicted octanol–water partition coefficient (Wildman–Crippen LogP) is 9.33. The zero-order valence-electron chi connectivity index (χ0n) is 25.1. The highest BCUT2D eigenvalue weighted by molar-refractivity contribution is 7.97. The summed E-state index contributed by atoms with van der Waals surface area (Å²) < 4.78 is 37.8. The Morgan fingerprint density at radius 3 is 2.30 bits per heavy atom. The third kappa shape index (κ3) is 8.16. The monoisotopic (exact) mass is 620 g/mol. The van der Waals surface area contributed by atoms with E-state index in [4.69, 9.17) is 9.84 Å². The normalized spacial score (nSPS) is 14.4. The number of aliphatic hydroxyl groups excluding tert-OH is 1. The van der Waals surface area contributed by atoms with Gasteiger partial charge in [0.15, 0.2) is 0 Å². The van der Waals surface area contributed by atoms with Crippen LogP contribution in [0.15, 0.2) is 83.8 Å². The SMILES string of the molecule is CC1CCCCC1.CO.Cc1ccc(Oc2cc3c(cc2-c2ccc(F)c(C(=O)O)c2)SNCN3c2ccccc2)cc1F. The van der Waals surface area contributed by atoms with Crippen molar-refractivity contribution in [1.82, 2.24) is 4.72 Å². The third-order valence-electron chi connectivity index (χ3n) is 7.60. The maximum Gasteiger partial charge on any atom is 0.338 e. The molecule has 0 unspecified atom stereocenters. The van der Waals surface area contributed by atoms with Gasteiger partial charge >= 0.3 is 5.97 Å². The first-order valence-corrected chi connectivity index (χ1v) is 15.4. The molecule has 6 nitrogen and oxygen atoms in total. The lowest BCUT2D eigenvalue weighted by Crippen LogP contribution is -2.30. The number of fused-ring (bicyclic) bond motifs is 1. The fourth-order valence-electron chi connectivity index (χ4n) is 5.18. The molecular formula is C35H38F2N2O4S. The first-order chi connectivity index (χ1) is 21.3. The topological polar surface area (TPSA) is 82.0 Å². The minimum Gasteiger partial charge on any atom is -0.478 e. The van der Waals surface area contributed by atoms with Gasteiger partial charge in [0.1, 0.15) is 23.1 Å². The molecule has 232 valence electrons. The van der Waals surface area contributed by atoms with Crippen molar-refractivity contribution >= 4 is 29.3 Å². The Bertz CT molecular complexity index is 1560. The van der Waals surface area contributed by atoms with Crippen LogP contribution >= 0.6 is 11.9 Å². The van der Waals surface area contributed by atoms with Crippen LogP contribution in [-0.4, -0.2) is 30.0 Å². The van der Waals surface area contributed by atoms with Gasteiger partial charge < -0.3 is 19.8 Å². The van der Waals surface area contributed by atoms with E-state index in [9.17, 15) is 18.7 Å². The van der Waals surface area contributed by atoms with E-state index in [-0.39, 0.29) is 0 Å². The zero-order valence-corrected chi connectivity index (χ0v) is 26.0. The molecule has 4 aromatic rings. The average molecular weight is 621 g/mol. The molecule has 0 spiro atoms. The summed E-state index contributed by atoms with van der Waals surface area (Å²) in [4.78, 5) is 14.5. The van der Waals surface area contributed by atoms with Crippen molar-refractivity contribution in [2.24, 2.45) is 5.92 Å². The Labute approximate surface area is 261 Å². The number of benzene rings is 4. The summed E-state index contributed by atoms with van der Waals surface area (Å²) in [7, 11) is 1.00. The van der Waals surface area contributed by atoms with E-state index in [1.165, 1.54) is 62.3 Å². The molecule has 0 bridgehead atoms. The van der Waals surface area contributed by atoms with Crippen LogP contribution in [0.25, 0.3) is 11.1 Å². The fraction of sp³-hybridized carbons (Fsp3) is 0.286. The Balaban J connectivity index is 0.000000427. The molecule has 0 aromatic heterocycles. The molecule has 1 heterocycles. The number of aromatic carboxylic acids is 1. The fourth-order valence-corrected chi connectivity index (χ4v) is 5.98. The number of halogens is 2. The lowest BCUT2D eigenvalue weighted by atomic mass is 9.91. The van der Waals surface area contributed by atoms with E-state index in [0.29, 0.717) is 34.9 Å². The molecule has 6 rings (SSSR count). The highest BCUT2D eigenvalue weighted by Gasteiger charge is 2.24. The van der Waals surface area contributed by atoms with Crippen LogP contribution < -0.4 is 14.4 Å². The predicted molar refractivity (Wildman–Crippen MR) is 173 cm³/mol. The first kappa shape index (κ1) is 33.0. The molecule has 1 fully saturated rings. The summed E-state index contributed by atoms with van der Waals surface area (Å²) in [6.07, 6.45) is 7.44. The number of aryl methyl sites for hydroxylation is 1. The van der Waals surface area contributed by atoms with Crippen LogP contribution in [0.3, 0.4) is 0 Å². The number of ether oxygens (including phenoxy) is 1. The maximum absolute atomic E-state index is 14.2. The molecule has 9 heteroatoms. The summed E-state index contributed by atoms with van der Waals surface area (Å²) >= 11 is 1.43. The van der Waals surface area contributed by atoms with Gasteiger partial charge in [-0.05, 0) is 72.3 Å². The third-order valence-corrected chi connectivity index (χ3v) is 8.42. The number of aliphatic hydroxyl groups is 1. The second kappa shape index (κ2) is 15.7. The molecule has 44 heavy (non-hydrogen) atoms. The highest BCUT2D eigenvalue weighted by Crippen LogP contribution is 2.45. The van der Waals surface area contributed by atoms with Gasteiger partial charge in [-0.25, -0.2) is 18.3 Å². The summed E-state index contributed by atoms with van der Waals surface area (Å²) in [5.41, 5.74) is 2.90. The first-order valence-electron chi connectivity index (χ1n) is 14.6. The minimum absolute atomic E-state index is 0.294. The maximum atomic E-state index is 14.2. The summed E-state index contributed by atoms with van der Waals surface area (Å²) in [5, 5.41) is 16.4. The number of para-hydroxylation sites is 1. The van der Waals surface area contributed by atoms with E-state index in [1.807, 2.05) is 42.5 Å². The van der Waals surface area contributed by atoms with E-state index in [0.717, 1.165) is 35.4 Å². The number of anilines is 2. The van der Waals surface area contributed by atoms with E-state index in [2.05, 4.69) is 16.5 Å². The Kier molecular flexibility index (Phi) is 11.8. The van der Waals surface area contributed by atoms with Gasteiger partial charge in [-0.2, -0.15) is 0 Å². The highest BCUT2D eigenvalue weighted by atomic mass is 32.2. The van der Waals surface area contributed by atoms with E-state index >= 15 is 0 Å². The van der Waals surface area contributed by atoms with Crippen molar-refractivity contribution in [3.05, 3.63) is 102 Å². The van der Waals surface area contributed by atoms with Crippen molar-refractivity contribution in [3.8, 4) is 22.6 Å². The molecule has 1 aliphatic carbocycles. The van der Waals surface area contributed by atoms with Crippen LogP contribution in [0.5, 0.6) is 11.5 Å². The molecule has 1 aliphatic heterocycles. The molecule has 0 atom stereocenters. The largest absolute Gasteiger partial charge is 0.478 e. The minimum atomic E-state index is -1.36. The molecule has 3 N–H and O–H groups in total. The van der Waals surface area contributed by atoms with Gasteiger partial charge in [-0.15, -0.1) is 0 Å². The number of hydrogen-bond donors (Lipinski definition) is 3. The van der Waals surface area contributed by atoms with Gasteiger partial charge in [-0.3, -0.25) is 0 Å². The van der Waals surface area contributed by atoms with Gasteiger partial charge in [-0.1, -0.05) is 69.4 Å². The molecule has 0 radical (unpaired) electrons. The number of carbonyl (C=O) groups is 1. The van der Waals surface area contributed by atoms with Crippen LogP contribution in [0, 0.1) is 24.5 Å². The number of rotatable bonds is 5. The number of nitrogens with zero attached hydrogens (tertiary/aromatic N) is 1. The Hall–Kier alpha value is -3.92. The molecule has 0 saturated heterocycles. The summed E-state index contributed by atoms with van der Waals surface area (Å²) in [5.74, 6) is -0.872. The molecule has 1 saturated carbocycles. The number of hydrogen-bond acceptors (Lipinski definition) is 6. The molecule has 4 aromatic carbocycles. The lowest BCUT2D eigenvalue weighted by molar-refractivity contribution is 0.0692. The standard InChI is InChI=1S/C27H20F2N2O3S.C7H14.CH4O/c1-16-7-9-19(12-23(16)29)34-25-14-24-26(35-30-15-31(24)18-5-3-2-4-6-18)13-20(25)17-8-10-22(28)21(11-17)27(32)33;1-7-5-3-2-4-6-7;1-2/h2-14,30H,15H2,1H3,(H,32,33);7H,2-6H2,1H3;2H,1H3. The van der Waals surface area contributed by atoms with Crippen LogP contribution in [0.4, 0.5) is 20.2 Å². The molecule has 2 aliphatic rings. The molecule has 0 amide bonds. The second-order valence-corrected chi connectivity index (χ2v) is 11.7. The van der Waals surface area contributed by atoms with Gasteiger partial charge in [0.25, 0.3) is 0 Å². The van der Waals surface area contributed by atoms with Crippen LogP contribution in [0.1, 0.15) is 54.9 Å². The van der Waals surface area contributed by atoms with Crippen LogP contribution in [-0.2, 0) is 0 Å². The number of carboxylic acid groups (broad SMARTS) is 1. The van der Waals surface area contributed by atoms with E-state index in [1.54, 1.807) is 19.1 Å². The van der Waals surface area contributed by atoms with Gasteiger partial charge in [0, 0.05) is 35.4 Å². The van der Waals surface area contributed by atoms with Gasteiger partial charge in [0.2, 0.25) is 0 Å². The summed E-state index contributed by atoms with van der Waals surface area (Å²) in [6, 6.07) is 22.0. The zero-order chi connectivity index (χ0) is 31.6. The smallest absolute Gasteiger partial charge is 0.338 e. The quantitative estimate of drug-likeness (QED) is 0.192. The van der Waals surface area contributed by atoms with Gasteiger partial charge in [0.05, 0.1) is 17.9 Å². The average Bonchev–Trinajstić information content (AvgIpc) is 3.04.